The first-order chi connectivity index (χ1) is 10.8. The zero-order chi connectivity index (χ0) is 16.8. The number of phenolic OH excluding ortho intramolecular Hbond substituents is 1. The fourth-order valence-electron chi connectivity index (χ4n) is 2.51. The maximum atomic E-state index is 12.5. The first kappa shape index (κ1) is 15.3. The van der Waals surface area contributed by atoms with Crippen LogP contribution in [0.4, 0.5) is 0 Å². The number of ketones is 1. The summed E-state index contributed by atoms with van der Waals surface area (Å²) >= 11 is 0. The van der Waals surface area contributed by atoms with Crippen molar-refractivity contribution in [2.45, 2.75) is 11.6 Å². The highest BCUT2D eigenvalue weighted by Crippen LogP contribution is 2.48. The van der Waals surface area contributed by atoms with Crippen molar-refractivity contribution in [1.29, 1.82) is 0 Å². The highest BCUT2D eigenvalue weighted by molar-refractivity contribution is 6.08. The van der Waals surface area contributed by atoms with Gasteiger partial charge in [-0.2, -0.15) is 0 Å². The van der Waals surface area contributed by atoms with Gasteiger partial charge in [0.15, 0.2) is 11.5 Å². The number of hydrogen-bond donors (Lipinski definition) is 4. The summed E-state index contributed by atoms with van der Waals surface area (Å²) in [6, 6.07) is 10.1. The Morgan fingerprint density at radius 3 is 2.30 bits per heavy atom. The Bertz CT molecular complexity index is 769. The number of ether oxygens (including phenoxy) is 2. The number of benzene rings is 2. The van der Waals surface area contributed by atoms with Crippen molar-refractivity contribution in [3.8, 4) is 17.2 Å². The molecule has 1 heterocycles. The molecule has 23 heavy (non-hydrogen) atoms. The molecule has 0 aromatic heterocycles. The van der Waals surface area contributed by atoms with Crippen LogP contribution >= 0.6 is 0 Å². The first-order valence-electron chi connectivity index (χ1n) is 6.69. The van der Waals surface area contributed by atoms with Crippen molar-refractivity contribution in [3.05, 3.63) is 53.6 Å². The maximum absolute atomic E-state index is 12.5. The highest BCUT2D eigenvalue weighted by Gasteiger charge is 2.62. The lowest BCUT2D eigenvalue weighted by molar-refractivity contribution is -0.328. The number of fused-ring (bicyclic) bond motifs is 1. The van der Waals surface area contributed by atoms with Crippen LogP contribution in [0.15, 0.2) is 42.5 Å². The van der Waals surface area contributed by atoms with Gasteiger partial charge >= 0.3 is 5.79 Å². The summed E-state index contributed by atoms with van der Waals surface area (Å²) in [6.45, 7) is 0. The van der Waals surface area contributed by atoms with Gasteiger partial charge in [-0.15, -0.1) is 0 Å². The zero-order valence-electron chi connectivity index (χ0n) is 12.1. The molecule has 0 saturated heterocycles. The predicted molar refractivity (Wildman–Crippen MR) is 77.1 cm³/mol. The summed E-state index contributed by atoms with van der Waals surface area (Å²) in [5.74, 6) is -8.16. The molecule has 0 fully saturated rings. The van der Waals surface area contributed by atoms with Gasteiger partial charge in [-0.05, 0) is 12.1 Å². The second kappa shape index (κ2) is 4.95. The Balaban J connectivity index is 2.23. The quantitative estimate of drug-likeness (QED) is 0.596. The number of hydrogen-bond acceptors (Lipinski definition) is 7. The molecule has 7 heteroatoms. The van der Waals surface area contributed by atoms with Gasteiger partial charge in [-0.1, -0.05) is 30.3 Å². The van der Waals surface area contributed by atoms with E-state index in [1.54, 1.807) is 6.07 Å². The van der Waals surface area contributed by atoms with Crippen LogP contribution in [-0.2, 0) is 5.79 Å². The van der Waals surface area contributed by atoms with Gasteiger partial charge in [-0.25, -0.2) is 0 Å². The molecule has 0 aliphatic carbocycles. The monoisotopic (exact) mass is 318 g/mol. The smallest absolute Gasteiger partial charge is 0.301 e. The molecule has 1 aliphatic rings. The number of aliphatic hydroxyl groups is 3. The Hall–Kier alpha value is -2.61. The highest BCUT2D eigenvalue weighted by atomic mass is 16.7. The van der Waals surface area contributed by atoms with E-state index in [9.17, 15) is 25.2 Å². The van der Waals surface area contributed by atoms with Crippen LogP contribution in [0.25, 0.3) is 0 Å². The fourth-order valence-corrected chi connectivity index (χ4v) is 2.51. The summed E-state index contributed by atoms with van der Waals surface area (Å²) < 4.78 is 10.2. The molecule has 4 N–H and O–H groups in total. The molecule has 3 rings (SSSR count). The SMILES string of the molecule is COc1ccc2c(c1O)C(=O)C(O)(O)C(O)(c1ccccc1)O2. The molecule has 7 nitrogen and oxygen atoms in total. The standard InChI is InChI=1S/C16H14O7/c1-22-11-8-7-10-12(13(11)17)14(18)15(19,20)16(21,23-10)9-5-3-2-4-6-9/h2-8,17,19-21H,1H3. The average molecular weight is 318 g/mol. The third kappa shape index (κ3) is 1.98. The maximum Gasteiger partial charge on any atom is 0.301 e. The van der Waals surface area contributed by atoms with Crippen LogP contribution in [0.5, 0.6) is 17.2 Å². The van der Waals surface area contributed by atoms with Gasteiger partial charge in [-0.3, -0.25) is 4.79 Å². The van der Waals surface area contributed by atoms with E-state index in [1.807, 2.05) is 0 Å². The van der Waals surface area contributed by atoms with Gasteiger partial charge in [0.1, 0.15) is 11.3 Å². The molecule has 1 aliphatic heterocycles. The van der Waals surface area contributed by atoms with Crippen LogP contribution in [0.1, 0.15) is 15.9 Å². The molecule has 0 radical (unpaired) electrons. The second-order valence-electron chi connectivity index (χ2n) is 5.10. The van der Waals surface area contributed by atoms with Crippen molar-refractivity contribution < 1.29 is 34.7 Å². The topological polar surface area (TPSA) is 116 Å². The van der Waals surface area contributed by atoms with Crippen LogP contribution < -0.4 is 9.47 Å². The van der Waals surface area contributed by atoms with E-state index in [4.69, 9.17) is 9.47 Å². The number of carbonyl (C=O) groups is 1. The Labute approximate surface area is 131 Å². The van der Waals surface area contributed by atoms with Gasteiger partial charge in [0, 0.05) is 5.56 Å². The molecule has 2 aromatic carbocycles. The molecule has 120 valence electrons. The number of carbonyl (C=O) groups excluding carboxylic acids is 1. The van der Waals surface area contributed by atoms with E-state index in [1.165, 1.54) is 43.5 Å². The first-order valence-corrected chi connectivity index (χ1v) is 6.69. The van der Waals surface area contributed by atoms with Crippen LogP contribution in [0.2, 0.25) is 0 Å². The lowest BCUT2D eigenvalue weighted by Gasteiger charge is -2.42. The van der Waals surface area contributed by atoms with E-state index >= 15 is 0 Å². The van der Waals surface area contributed by atoms with Gasteiger partial charge in [0.25, 0.3) is 5.79 Å². The van der Waals surface area contributed by atoms with Crippen LogP contribution in [0.3, 0.4) is 0 Å². The molecule has 1 unspecified atom stereocenters. The van der Waals surface area contributed by atoms with Crippen LogP contribution in [-0.4, -0.2) is 39.1 Å². The zero-order valence-corrected chi connectivity index (χ0v) is 12.1. The van der Waals surface area contributed by atoms with E-state index < -0.39 is 28.7 Å². The lowest BCUT2D eigenvalue weighted by atomic mass is 9.86. The Kier molecular flexibility index (Phi) is 3.29. The average Bonchev–Trinajstić information content (AvgIpc) is 2.54. The third-order valence-electron chi connectivity index (χ3n) is 3.76. The second-order valence-corrected chi connectivity index (χ2v) is 5.10. The van der Waals surface area contributed by atoms with Crippen molar-refractivity contribution in [2.75, 3.05) is 7.11 Å². The van der Waals surface area contributed by atoms with Gasteiger partial charge in [0.2, 0.25) is 5.78 Å². The number of Topliss-reactive ketones (excluding diaryl/α,β-unsaturated/α-hetero) is 1. The third-order valence-corrected chi connectivity index (χ3v) is 3.76. The minimum Gasteiger partial charge on any atom is -0.504 e. The number of methoxy groups -OCH3 is 1. The van der Waals surface area contributed by atoms with Gasteiger partial charge in [0.05, 0.1) is 7.11 Å². The normalized spacial score (nSPS) is 22.2. The van der Waals surface area contributed by atoms with E-state index in [0.717, 1.165) is 0 Å². The van der Waals surface area contributed by atoms with E-state index in [0.29, 0.717) is 0 Å². The number of phenols is 1. The predicted octanol–water partition coefficient (Wildman–Crippen LogP) is 0.502. The van der Waals surface area contributed by atoms with Crippen molar-refractivity contribution in [1.82, 2.24) is 0 Å². The fraction of sp³-hybridized carbons (Fsp3) is 0.188. The number of aromatic hydroxyl groups is 1. The minimum atomic E-state index is -3.30. The molecule has 0 spiro atoms. The van der Waals surface area contributed by atoms with Crippen molar-refractivity contribution >= 4 is 5.78 Å². The molecule has 1 atom stereocenters. The Morgan fingerprint density at radius 2 is 1.70 bits per heavy atom. The lowest BCUT2D eigenvalue weighted by Crippen LogP contribution is -2.62. The summed E-state index contributed by atoms with van der Waals surface area (Å²) in [5, 5.41) is 41.2. The molecule has 0 bridgehead atoms. The van der Waals surface area contributed by atoms with Gasteiger partial charge < -0.3 is 29.9 Å². The van der Waals surface area contributed by atoms with E-state index in [2.05, 4.69) is 0 Å². The largest absolute Gasteiger partial charge is 0.504 e. The molecular formula is C16H14O7. The molecule has 2 aromatic rings. The summed E-state index contributed by atoms with van der Waals surface area (Å²) in [4.78, 5) is 12.5. The van der Waals surface area contributed by atoms with Crippen LogP contribution in [0, 0.1) is 0 Å². The van der Waals surface area contributed by atoms with Crippen molar-refractivity contribution in [3.63, 3.8) is 0 Å². The molecule has 0 amide bonds. The summed E-state index contributed by atoms with van der Waals surface area (Å²) in [5.41, 5.74) is -0.505. The summed E-state index contributed by atoms with van der Waals surface area (Å²) in [6.07, 6.45) is 0. The van der Waals surface area contributed by atoms with E-state index in [-0.39, 0.29) is 17.1 Å². The number of rotatable bonds is 2. The minimum absolute atomic E-state index is 0.0284. The Morgan fingerprint density at radius 1 is 1.04 bits per heavy atom. The molecular weight excluding hydrogens is 304 g/mol. The molecule has 0 saturated carbocycles. The summed E-state index contributed by atoms with van der Waals surface area (Å²) in [7, 11) is 1.28. The van der Waals surface area contributed by atoms with Crippen molar-refractivity contribution in [2.24, 2.45) is 0 Å².